The lowest BCUT2D eigenvalue weighted by atomic mass is 10.2. The van der Waals surface area contributed by atoms with Crippen molar-refractivity contribution in [3.8, 4) is 17.2 Å². The number of nitrogens with zero attached hydrogens (tertiary/aromatic N) is 1. The largest absolute Gasteiger partial charge is 0.503 e. The van der Waals surface area contributed by atoms with Gasteiger partial charge in [-0.15, -0.1) is 0 Å². The zero-order chi connectivity index (χ0) is 18.2. The van der Waals surface area contributed by atoms with E-state index in [1.54, 1.807) is 18.2 Å². The van der Waals surface area contributed by atoms with E-state index in [0.29, 0.717) is 28.1 Å². The van der Waals surface area contributed by atoms with Crippen LogP contribution in [-0.4, -0.2) is 30.4 Å². The van der Waals surface area contributed by atoms with Gasteiger partial charge in [0, 0.05) is 0 Å². The van der Waals surface area contributed by atoms with Crippen molar-refractivity contribution in [2.45, 2.75) is 13.8 Å². The van der Waals surface area contributed by atoms with Crippen LogP contribution < -0.4 is 14.9 Å². The Morgan fingerprint density at radius 2 is 2.04 bits per heavy atom. The molecule has 7 heteroatoms. The molecule has 0 aliphatic rings. The summed E-state index contributed by atoms with van der Waals surface area (Å²) in [5, 5.41) is 13.8. The Morgan fingerprint density at radius 3 is 2.76 bits per heavy atom. The number of para-hydroxylation sites is 1. The zero-order valence-corrected chi connectivity index (χ0v) is 15.5. The van der Waals surface area contributed by atoms with E-state index in [4.69, 9.17) is 9.47 Å². The van der Waals surface area contributed by atoms with Crippen LogP contribution in [0.1, 0.15) is 18.1 Å². The molecule has 2 N–H and O–H groups in total. The summed E-state index contributed by atoms with van der Waals surface area (Å²) in [6, 6.07) is 10.7. The van der Waals surface area contributed by atoms with E-state index >= 15 is 0 Å². The Kier molecular flexibility index (Phi) is 6.82. The molecular formula is C18H19BrN2O4. The van der Waals surface area contributed by atoms with Crippen molar-refractivity contribution in [3.63, 3.8) is 0 Å². The summed E-state index contributed by atoms with van der Waals surface area (Å²) in [7, 11) is 0. The summed E-state index contributed by atoms with van der Waals surface area (Å²) in [6.07, 6.45) is 1.46. The maximum atomic E-state index is 11.8. The monoisotopic (exact) mass is 406 g/mol. The third-order valence-corrected chi connectivity index (χ3v) is 3.81. The van der Waals surface area contributed by atoms with Gasteiger partial charge in [-0.05, 0) is 59.1 Å². The van der Waals surface area contributed by atoms with Crippen molar-refractivity contribution < 1.29 is 19.4 Å². The minimum Gasteiger partial charge on any atom is -0.503 e. The third kappa shape index (κ3) is 5.49. The smallest absolute Gasteiger partial charge is 0.277 e. The summed E-state index contributed by atoms with van der Waals surface area (Å²) >= 11 is 3.25. The molecule has 0 aromatic heterocycles. The van der Waals surface area contributed by atoms with Gasteiger partial charge in [-0.3, -0.25) is 4.79 Å². The van der Waals surface area contributed by atoms with Crippen molar-refractivity contribution in [2.75, 3.05) is 13.2 Å². The van der Waals surface area contributed by atoms with E-state index in [-0.39, 0.29) is 18.3 Å². The van der Waals surface area contributed by atoms with Gasteiger partial charge >= 0.3 is 0 Å². The highest BCUT2D eigenvalue weighted by atomic mass is 79.9. The number of aryl methyl sites for hydroxylation is 1. The van der Waals surface area contributed by atoms with Crippen LogP contribution in [0, 0.1) is 6.92 Å². The third-order valence-electron chi connectivity index (χ3n) is 3.21. The van der Waals surface area contributed by atoms with Gasteiger partial charge in [0.25, 0.3) is 5.91 Å². The average Bonchev–Trinajstić information content (AvgIpc) is 2.58. The predicted molar refractivity (Wildman–Crippen MR) is 99.4 cm³/mol. The molecule has 0 atom stereocenters. The number of halogens is 1. The molecule has 0 aliphatic heterocycles. The lowest BCUT2D eigenvalue weighted by Crippen LogP contribution is -2.24. The molecule has 0 aliphatic carbocycles. The number of hydrogen-bond donors (Lipinski definition) is 2. The van der Waals surface area contributed by atoms with E-state index in [0.717, 1.165) is 5.56 Å². The number of benzene rings is 2. The van der Waals surface area contributed by atoms with Gasteiger partial charge in [-0.2, -0.15) is 5.10 Å². The molecule has 1 amide bonds. The van der Waals surface area contributed by atoms with Gasteiger partial charge in [0.15, 0.2) is 18.1 Å². The quantitative estimate of drug-likeness (QED) is 0.545. The predicted octanol–water partition coefficient (Wildman–Crippen LogP) is 3.39. The Balaban J connectivity index is 1.92. The highest BCUT2D eigenvalue weighted by Gasteiger charge is 2.08. The molecule has 0 fully saturated rings. The molecule has 0 heterocycles. The first kappa shape index (κ1) is 18.8. The Labute approximate surface area is 154 Å². The first-order chi connectivity index (χ1) is 12.0. The lowest BCUT2D eigenvalue weighted by molar-refractivity contribution is -0.123. The molecule has 0 radical (unpaired) electrons. The van der Waals surface area contributed by atoms with Gasteiger partial charge in [0.1, 0.15) is 5.75 Å². The summed E-state index contributed by atoms with van der Waals surface area (Å²) in [4.78, 5) is 11.8. The van der Waals surface area contributed by atoms with Crippen molar-refractivity contribution in [2.24, 2.45) is 5.10 Å². The number of carbonyl (C=O) groups is 1. The summed E-state index contributed by atoms with van der Waals surface area (Å²) < 4.78 is 11.3. The van der Waals surface area contributed by atoms with Crippen molar-refractivity contribution >= 4 is 28.1 Å². The first-order valence-corrected chi connectivity index (χ1v) is 8.46. The van der Waals surface area contributed by atoms with Crippen LogP contribution in [0.4, 0.5) is 0 Å². The van der Waals surface area contributed by atoms with Gasteiger partial charge in [-0.25, -0.2) is 5.43 Å². The molecule has 0 saturated carbocycles. The van der Waals surface area contributed by atoms with Crippen LogP contribution in [0.25, 0.3) is 0 Å². The van der Waals surface area contributed by atoms with Gasteiger partial charge in [-0.1, -0.05) is 18.2 Å². The van der Waals surface area contributed by atoms with Crippen LogP contribution >= 0.6 is 15.9 Å². The number of ether oxygens (including phenoxy) is 2. The van der Waals surface area contributed by atoms with E-state index in [1.165, 1.54) is 6.21 Å². The molecule has 132 valence electrons. The van der Waals surface area contributed by atoms with Crippen molar-refractivity contribution in [1.82, 2.24) is 5.43 Å². The Hall–Kier alpha value is -2.54. The number of amides is 1. The molecule has 2 aromatic carbocycles. The second-order valence-electron chi connectivity index (χ2n) is 5.13. The summed E-state index contributed by atoms with van der Waals surface area (Å²) in [5.41, 5.74) is 4.01. The number of hydrogen-bond acceptors (Lipinski definition) is 5. The molecule has 0 saturated heterocycles. The highest BCUT2D eigenvalue weighted by Crippen LogP contribution is 2.35. The molecule has 2 rings (SSSR count). The molecular weight excluding hydrogens is 388 g/mol. The van der Waals surface area contributed by atoms with E-state index < -0.39 is 0 Å². The highest BCUT2D eigenvalue weighted by molar-refractivity contribution is 9.10. The first-order valence-electron chi connectivity index (χ1n) is 7.67. The van der Waals surface area contributed by atoms with E-state index in [2.05, 4.69) is 26.5 Å². The second kappa shape index (κ2) is 9.08. The maximum absolute atomic E-state index is 11.8. The van der Waals surface area contributed by atoms with Gasteiger partial charge < -0.3 is 14.6 Å². The second-order valence-corrected chi connectivity index (χ2v) is 5.98. The molecule has 25 heavy (non-hydrogen) atoms. The molecule has 2 aromatic rings. The van der Waals surface area contributed by atoms with Crippen molar-refractivity contribution in [1.29, 1.82) is 0 Å². The van der Waals surface area contributed by atoms with Gasteiger partial charge in [0.2, 0.25) is 0 Å². The standard InChI is InChI=1S/C18H19BrN2O4/c1-3-24-16-9-13(8-14(19)18(16)23)10-20-21-17(22)11-25-15-7-5-4-6-12(15)2/h4-10,23H,3,11H2,1-2H3,(H,21,22). The lowest BCUT2D eigenvalue weighted by Gasteiger charge is -2.08. The average molecular weight is 407 g/mol. The minimum absolute atomic E-state index is 0.0228. The van der Waals surface area contributed by atoms with Crippen LogP contribution in [0.5, 0.6) is 17.2 Å². The number of aromatic hydroxyl groups is 1. The number of nitrogens with one attached hydrogen (secondary N) is 1. The Bertz CT molecular complexity index is 778. The van der Waals surface area contributed by atoms with Crippen molar-refractivity contribution in [3.05, 3.63) is 52.0 Å². The summed E-state index contributed by atoms with van der Waals surface area (Å²) in [5.74, 6) is 0.648. The van der Waals surface area contributed by atoms with E-state index in [1.807, 2.05) is 32.0 Å². The molecule has 0 unspecified atom stereocenters. The fraction of sp³-hybridized carbons (Fsp3) is 0.222. The zero-order valence-electron chi connectivity index (χ0n) is 14.0. The van der Waals surface area contributed by atoms with Crippen LogP contribution in [0.2, 0.25) is 0 Å². The number of phenols is 1. The van der Waals surface area contributed by atoms with Crippen LogP contribution in [-0.2, 0) is 4.79 Å². The number of rotatable bonds is 7. The minimum atomic E-state index is -0.373. The maximum Gasteiger partial charge on any atom is 0.277 e. The number of carbonyl (C=O) groups excluding carboxylic acids is 1. The van der Waals surface area contributed by atoms with Crippen LogP contribution in [0.15, 0.2) is 46.0 Å². The normalized spacial score (nSPS) is 10.7. The van der Waals surface area contributed by atoms with E-state index in [9.17, 15) is 9.90 Å². The molecule has 0 bridgehead atoms. The van der Waals surface area contributed by atoms with Gasteiger partial charge in [0.05, 0.1) is 17.3 Å². The molecule has 0 spiro atoms. The topological polar surface area (TPSA) is 80.2 Å². The fourth-order valence-electron chi connectivity index (χ4n) is 2.01. The van der Waals surface area contributed by atoms with Crippen LogP contribution in [0.3, 0.4) is 0 Å². The fourth-order valence-corrected chi connectivity index (χ4v) is 2.47. The number of hydrazone groups is 1. The SMILES string of the molecule is CCOc1cc(C=NNC(=O)COc2ccccc2C)cc(Br)c1O. The molecule has 6 nitrogen and oxygen atoms in total. The Morgan fingerprint density at radius 1 is 1.28 bits per heavy atom. The summed E-state index contributed by atoms with van der Waals surface area (Å²) in [6.45, 7) is 4.02. The number of phenolic OH excluding ortho intramolecular Hbond substituents is 1.